The molecule has 1 aromatic rings. The van der Waals surface area contributed by atoms with Gasteiger partial charge >= 0.3 is 0 Å². The molecule has 20 heavy (non-hydrogen) atoms. The summed E-state index contributed by atoms with van der Waals surface area (Å²) in [5.41, 5.74) is 0.957. The van der Waals surface area contributed by atoms with E-state index in [4.69, 9.17) is 0 Å². The lowest BCUT2D eigenvalue weighted by molar-refractivity contribution is -0.131. The highest BCUT2D eigenvalue weighted by molar-refractivity contribution is 7.98. The van der Waals surface area contributed by atoms with E-state index >= 15 is 0 Å². The fraction of sp³-hybridized carbons (Fsp3) is 0.562. The highest BCUT2D eigenvalue weighted by atomic mass is 32.2. The van der Waals surface area contributed by atoms with Gasteiger partial charge in [-0.05, 0) is 42.7 Å². The number of carbonyl (C=O) groups excluding carboxylic acids is 1. The number of hydrogen-bond donors (Lipinski definition) is 1. The van der Waals surface area contributed by atoms with Crippen LogP contribution in [0.4, 0.5) is 0 Å². The molecule has 3 nitrogen and oxygen atoms in total. The van der Waals surface area contributed by atoms with Gasteiger partial charge in [0.2, 0.25) is 5.91 Å². The molecule has 0 bridgehead atoms. The third-order valence-corrected chi connectivity index (χ3v) is 4.88. The molecule has 1 aromatic carbocycles. The predicted molar refractivity (Wildman–Crippen MR) is 82.6 cm³/mol. The molecule has 2 fully saturated rings. The Kier molecular flexibility index (Phi) is 3.55. The molecule has 1 aliphatic heterocycles. The van der Waals surface area contributed by atoms with E-state index in [1.54, 1.807) is 11.8 Å². The van der Waals surface area contributed by atoms with Crippen LogP contribution in [0.15, 0.2) is 29.2 Å². The summed E-state index contributed by atoms with van der Waals surface area (Å²) in [6.07, 6.45) is 4.10. The fourth-order valence-electron chi connectivity index (χ4n) is 2.91. The molecule has 1 unspecified atom stereocenters. The molecule has 1 heterocycles. The molecule has 2 aliphatic rings. The fourth-order valence-corrected chi connectivity index (χ4v) is 3.32. The molecule has 0 radical (unpaired) electrons. The number of thioether (sulfide) groups is 1. The average Bonchev–Trinajstić information content (AvgIpc) is 3.17. The van der Waals surface area contributed by atoms with E-state index in [0.29, 0.717) is 11.8 Å². The third kappa shape index (κ3) is 2.35. The van der Waals surface area contributed by atoms with Crippen LogP contribution < -0.4 is 5.32 Å². The van der Waals surface area contributed by atoms with Crippen LogP contribution >= 0.6 is 11.8 Å². The van der Waals surface area contributed by atoms with Crippen LogP contribution in [0.5, 0.6) is 0 Å². The maximum absolute atomic E-state index is 12.6. The van der Waals surface area contributed by atoms with E-state index in [-0.39, 0.29) is 11.7 Å². The summed E-state index contributed by atoms with van der Waals surface area (Å²) in [4.78, 5) is 15.9. The average molecular weight is 290 g/mol. The zero-order valence-electron chi connectivity index (χ0n) is 12.3. The Morgan fingerprint density at radius 3 is 2.50 bits per heavy atom. The number of rotatable bonds is 4. The molecular weight excluding hydrogens is 268 g/mol. The van der Waals surface area contributed by atoms with Gasteiger partial charge in [0.05, 0.1) is 0 Å². The lowest BCUT2D eigenvalue weighted by atomic mass is 10.1. The van der Waals surface area contributed by atoms with Gasteiger partial charge in [-0.1, -0.05) is 26.0 Å². The summed E-state index contributed by atoms with van der Waals surface area (Å²) < 4.78 is 0. The molecule has 1 amide bonds. The standard InChI is InChI=1S/C16H22N2OS/c1-11(2)10-18-14(17-16(8-9-16)15(18)19)12-4-6-13(20-3)7-5-12/h4-7,11,14,17H,8-10H2,1-3H3. The molecule has 3 rings (SSSR count). The molecule has 1 saturated heterocycles. The summed E-state index contributed by atoms with van der Waals surface area (Å²) in [5, 5.41) is 3.57. The first-order valence-electron chi connectivity index (χ1n) is 7.28. The van der Waals surface area contributed by atoms with E-state index in [2.05, 4.69) is 49.7 Å². The number of hydrogen-bond acceptors (Lipinski definition) is 3. The number of nitrogens with zero attached hydrogens (tertiary/aromatic N) is 1. The number of benzene rings is 1. The minimum absolute atomic E-state index is 0.0447. The van der Waals surface area contributed by atoms with Gasteiger partial charge in [0.25, 0.3) is 0 Å². The molecule has 1 aliphatic carbocycles. The van der Waals surface area contributed by atoms with E-state index in [9.17, 15) is 4.79 Å². The van der Waals surface area contributed by atoms with Crippen LogP contribution in [0, 0.1) is 5.92 Å². The van der Waals surface area contributed by atoms with Gasteiger partial charge in [0, 0.05) is 11.4 Å². The second-order valence-electron chi connectivity index (χ2n) is 6.25. The van der Waals surface area contributed by atoms with Crippen LogP contribution in [-0.4, -0.2) is 29.1 Å². The zero-order chi connectivity index (χ0) is 14.3. The summed E-state index contributed by atoms with van der Waals surface area (Å²) in [5.74, 6) is 0.785. The Balaban J connectivity index is 1.87. The lowest BCUT2D eigenvalue weighted by Crippen LogP contribution is -2.34. The highest BCUT2D eigenvalue weighted by Gasteiger charge is 2.59. The van der Waals surface area contributed by atoms with Crippen LogP contribution in [0.2, 0.25) is 0 Å². The first kappa shape index (κ1) is 14.0. The van der Waals surface area contributed by atoms with Crippen molar-refractivity contribution in [3.63, 3.8) is 0 Å². The smallest absolute Gasteiger partial charge is 0.244 e. The lowest BCUT2D eigenvalue weighted by Gasteiger charge is -2.26. The van der Waals surface area contributed by atoms with Crippen molar-refractivity contribution in [3.8, 4) is 0 Å². The maximum Gasteiger partial charge on any atom is 0.244 e. The molecule has 1 atom stereocenters. The first-order chi connectivity index (χ1) is 9.55. The molecular formula is C16H22N2OS. The number of amides is 1. The Labute approximate surface area is 125 Å². The van der Waals surface area contributed by atoms with Crippen molar-refractivity contribution in [1.29, 1.82) is 0 Å². The van der Waals surface area contributed by atoms with Gasteiger partial charge in [-0.15, -0.1) is 11.8 Å². The predicted octanol–water partition coefficient (Wildman–Crippen LogP) is 3.03. The molecule has 108 valence electrons. The maximum atomic E-state index is 12.6. The van der Waals surface area contributed by atoms with Crippen molar-refractivity contribution in [3.05, 3.63) is 29.8 Å². The van der Waals surface area contributed by atoms with Gasteiger partial charge in [-0.25, -0.2) is 0 Å². The Morgan fingerprint density at radius 2 is 2.00 bits per heavy atom. The van der Waals surface area contributed by atoms with Crippen molar-refractivity contribution in [2.45, 2.75) is 43.3 Å². The minimum atomic E-state index is -0.238. The van der Waals surface area contributed by atoms with Gasteiger partial charge in [0.15, 0.2) is 0 Å². The van der Waals surface area contributed by atoms with Gasteiger partial charge in [0.1, 0.15) is 11.7 Å². The summed E-state index contributed by atoms with van der Waals surface area (Å²) >= 11 is 1.74. The molecule has 1 saturated carbocycles. The van der Waals surface area contributed by atoms with Crippen molar-refractivity contribution >= 4 is 17.7 Å². The van der Waals surface area contributed by atoms with Crippen LogP contribution in [0.1, 0.15) is 38.4 Å². The summed E-state index contributed by atoms with van der Waals surface area (Å²) in [6, 6.07) is 8.56. The van der Waals surface area contributed by atoms with E-state index in [0.717, 1.165) is 19.4 Å². The van der Waals surface area contributed by atoms with E-state index in [1.165, 1.54) is 10.5 Å². The molecule has 1 N–H and O–H groups in total. The van der Waals surface area contributed by atoms with Crippen molar-refractivity contribution < 1.29 is 4.79 Å². The monoisotopic (exact) mass is 290 g/mol. The van der Waals surface area contributed by atoms with Gasteiger partial charge in [-0.3, -0.25) is 10.1 Å². The van der Waals surface area contributed by atoms with E-state index < -0.39 is 0 Å². The van der Waals surface area contributed by atoms with Crippen LogP contribution in [-0.2, 0) is 4.79 Å². The van der Waals surface area contributed by atoms with Gasteiger partial charge in [-0.2, -0.15) is 0 Å². The van der Waals surface area contributed by atoms with Crippen molar-refractivity contribution in [2.24, 2.45) is 5.92 Å². The Hall–Kier alpha value is -1.00. The number of nitrogens with one attached hydrogen (secondary N) is 1. The summed E-state index contributed by atoms with van der Waals surface area (Å²) in [7, 11) is 0. The molecule has 1 spiro atoms. The SMILES string of the molecule is CSc1ccc(C2NC3(CC3)C(=O)N2CC(C)C)cc1. The van der Waals surface area contributed by atoms with Crippen LogP contribution in [0.25, 0.3) is 0 Å². The largest absolute Gasteiger partial charge is 0.321 e. The zero-order valence-corrected chi connectivity index (χ0v) is 13.2. The topological polar surface area (TPSA) is 32.3 Å². The highest BCUT2D eigenvalue weighted by Crippen LogP contribution is 2.46. The second kappa shape index (κ2) is 5.08. The van der Waals surface area contributed by atoms with Gasteiger partial charge < -0.3 is 4.90 Å². The third-order valence-electron chi connectivity index (χ3n) is 4.14. The van der Waals surface area contributed by atoms with E-state index in [1.807, 2.05) is 4.90 Å². The van der Waals surface area contributed by atoms with Crippen molar-refractivity contribution in [2.75, 3.05) is 12.8 Å². The van der Waals surface area contributed by atoms with Crippen LogP contribution in [0.3, 0.4) is 0 Å². The minimum Gasteiger partial charge on any atom is -0.321 e. The second-order valence-corrected chi connectivity index (χ2v) is 7.13. The quantitative estimate of drug-likeness (QED) is 0.865. The first-order valence-corrected chi connectivity index (χ1v) is 8.51. The molecule has 4 heteroatoms. The van der Waals surface area contributed by atoms with Crippen molar-refractivity contribution in [1.82, 2.24) is 10.2 Å². The summed E-state index contributed by atoms with van der Waals surface area (Å²) in [6.45, 7) is 5.15. The molecule has 0 aromatic heterocycles. The normalized spacial score (nSPS) is 23.9. The number of carbonyl (C=O) groups is 1. The Bertz CT molecular complexity index is 508. The Morgan fingerprint density at radius 1 is 1.35 bits per heavy atom.